The average molecular weight is 353 g/mol. The highest BCUT2D eigenvalue weighted by Gasteiger charge is 2.14. The van der Waals surface area contributed by atoms with Crippen LogP contribution in [0.25, 0.3) is 10.6 Å². The lowest BCUT2D eigenvalue weighted by Gasteiger charge is -2.20. The minimum absolute atomic E-state index is 0.0791. The molecule has 1 aliphatic carbocycles. The molecule has 0 spiro atoms. The molecule has 1 fully saturated rings. The first-order valence-electron chi connectivity index (χ1n) is 7.72. The van der Waals surface area contributed by atoms with Crippen molar-refractivity contribution < 1.29 is 4.79 Å². The van der Waals surface area contributed by atoms with Crippen LogP contribution in [0, 0.1) is 0 Å². The summed E-state index contributed by atoms with van der Waals surface area (Å²) in [5.74, 6) is 0.995. The van der Waals surface area contributed by atoms with Crippen molar-refractivity contribution in [1.82, 2.24) is 4.98 Å². The summed E-state index contributed by atoms with van der Waals surface area (Å²) in [6.07, 6.45) is 7.32. The molecule has 0 aliphatic heterocycles. The van der Waals surface area contributed by atoms with Crippen LogP contribution in [-0.4, -0.2) is 21.9 Å². The van der Waals surface area contributed by atoms with Crippen molar-refractivity contribution in [3.05, 3.63) is 22.9 Å². The number of aromatic nitrogens is 1. The average Bonchev–Trinajstić information content (AvgIpc) is 3.19. The molecular formula is C16H20N2OS3. The van der Waals surface area contributed by atoms with E-state index in [1.54, 1.807) is 11.3 Å². The standard InChI is InChI=1S/C16H20N2OS3/c19-15(8-10-20-12-5-2-1-3-6-12)18-16-17-13(11-22-16)14-7-4-9-21-14/h4,7,9,11-12H,1-3,5-6,8,10H2,(H,17,18,19). The number of thiazole rings is 1. The van der Waals surface area contributed by atoms with E-state index in [4.69, 9.17) is 0 Å². The first-order valence-corrected chi connectivity index (χ1v) is 10.5. The summed E-state index contributed by atoms with van der Waals surface area (Å²) < 4.78 is 0. The van der Waals surface area contributed by atoms with E-state index in [0.717, 1.165) is 21.6 Å². The molecule has 0 unspecified atom stereocenters. The predicted molar refractivity (Wildman–Crippen MR) is 98.0 cm³/mol. The van der Waals surface area contributed by atoms with Gasteiger partial charge in [-0.15, -0.1) is 22.7 Å². The van der Waals surface area contributed by atoms with E-state index in [0.29, 0.717) is 11.6 Å². The van der Waals surface area contributed by atoms with Gasteiger partial charge in [0.15, 0.2) is 5.13 Å². The smallest absolute Gasteiger partial charge is 0.226 e. The lowest BCUT2D eigenvalue weighted by atomic mass is 10.0. The lowest BCUT2D eigenvalue weighted by molar-refractivity contribution is -0.115. The zero-order valence-electron chi connectivity index (χ0n) is 12.4. The van der Waals surface area contributed by atoms with Crippen LogP contribution in [0.5, 0.6) is 0 Å². The normalized spacial score (nSPS) is 15.8. The van der Waals surface area contributed by atoms with Crippen LogP contribution >= 0.6 is 34.4 Å². The third-order valence-electron chi connectivity index (χ3n) is 3.76. The number of rotatable bonds is 6. The molecule has 2 aromatic heterocycles. The number of carbonyl (C=O) groups excluding carboxylic acids is 1. The highest BCUT2D eigenvalue weighted by molar-refractivity contribution is 7.99. The molecule has 1 N–H and O–H groups in total. The van der Waals surface area contributed by atoms with E-state index < -0.39 is 0 Å². The van der Waals surface area contributed by atoms with Gasteiger partial charge < -0.3 is 5.32 Å². The molecule has 22 heavy (non-hydrogen) atoms. The molecule has 0 bridgehead atoms. The summed E-state index contributed by atoms with van der Waals surface area (Å²) in [5, 5.41) is 8.43. The summed E-state index contributed by atoms with van der Waals surface area (Å²) in [6, 6.07) is 4.06. The van der Waals surface area contributed by atoms with E-state index in [2.05, 4.69) is 10.3 Å². The fraction of sp³-hybridized carbons (Fsp3) is 0.500. The number of thiophene rings is 1. The predicted octanol–water partition coefficient (Wildman–Crippen LogP) is 5.27. The van der Waals surface area contributed by atoms with Gasteiger partial charge in [0.05, 0.1) is 10.6 Å². The van der Waals surface area contributed by atoms with E-state index in [-0.39, 0.29) is 5.91 Å². The fourth-order valence-corrected chi connectivity index (χ4v) is 5.39. The first-order chi connectivity index (χ1) is 10.8. The number of anilines is 1. The molecule has 3 rings (SSSR count). The van der Waals surface area contributed by atoms with Crippen molar-refractivity contribution in [2.24, 2.45) is 0 Å². The Labute approximate surface area is 143 Å². The second kappa shape index (κ2) is 8.13. The molecule has 2 heterocycles. The van der Waals surface area contributed by atoms with Gasteiger partial charge >= 0.3 is 0 Å². The topological polar surface area (TPSA) is 42.0 Å². The van der Waals surface area contributed by atoms with Gasteiger partial charge in [-0.05, 0) is 24.3 Å². The van der Waals surface area contributed by atoms with Crippen LogP contribution in [0.1, 0.15) is 38.5 Å². The molecule has 2 aromatic rings. The number of nitrogens with one attached hydrogen (secondary N) is 1. The number of amides is 1. The second-order valence-corrected chi connectivity index (χ2v) is 8.66. The Balaban J connectivity index is 1.42. The maximum atomic E-state index is 12.0. The van der Waals surface area contributed by atoms with Crippen LogP contribution in [0.3, 0.4) is 0 Å². The van der Waals surface area contributed by atoms with Crippen molar-refractivity contribution in [3.8, 4) is 10.6 Å². The van der Waals surface area contributed by atoms with E-state index in [1.165, 1.54) is 43.4 Å². The quantitative estimate of drug-likeness (QED) is 0.770. The van der Waals surface area contributed by atoms with Gasteiger partial charge in [0.25, 0.3) is 0 Å². The van der Waals surface area contributed by atoms with Crippen LogP contribution in [-0.2, 0) is 4.79 Å². The summed E-state index contributed by atoms with van der Waals surface area (Å²) in [4.78, 5) is 17.6. The Morgan fingerprint density at radius 1 is 1.32 bits per heavy atom. The van der Waals surface area contributed by atoms with Gasteiger partial charge in [0, 0.05) is 22.8 Å². The van der Waals surface area contributed by atoms with Crippen molar-refractivity contribution in [2.45, 2.75) is 43.8 Å². The molecule has 0 radical (unpaired) electrons. The highest BCUT2D eigenvalue weighted by atomic mass is 32.2. The van der Waals surface area contributed by atoms with Gasteiger partial charge in [0.1, 0.15) is 0 Å². The fourth-order valence-electron chi connectivity index (χ4n) is 2.60. The third-order valence-corrected chi connectivity index (χ3v) is 6.79. The van der Waals surface area contributed by atoms with Crippen LogP contribution in [0.15, 0.2) is 22.9 Å². The molecule has 1 aliphatic rings. The first kappa shape index (κ1) is 16.0. The number of thioether (sulfide) groups is 1. The zero-order valence-corrected chi connectivity index (χ0v) is 14.9. The molecule has 6 heteroatoms. The molecule has 0 atom stereocenters. The summed E-state index contributed by atoms with van der Waals surface area (Å²) >= 11 is 5.12. The minimum atomic E-state index is 0.0791. The van der Waals surface area contributed by atoms with Crippen molar-refractivity contribution in [2.75, 3.05) is 11.1 Å². The van der Waals surface area contributed by atoms with Gasteiger partial charge in [0.2, 0.25) is 5.91 Å². The Hall–Kier alpha value is -0.850. The van der Waals surface area contributed by atoms with Crippen LogP contribution in [0.4, 0.5) is 5.13 Å². The molecule has 0 saturated heterocycles. The Morgan fingerprint density at radius 2 is 2.18 bits per heavy atom. The van der Waals surface area contributed by atoms with Gasteiger partial charge in [-0.2, -0.15) is 11.8 Å². The molecule has 118 valence electrons. The minimum Gasteiger partial charge on any atom is -0.302 e. The van der Waals surface area contributed by atoms with Crippen molar-refractivity contribution >= 4 is 45.5 Å². The van der Waals surface area contributed by atoms with Gasteiger partial charge in [-0.1, -0.05) is 25.3 Å². The number of nitrogens with zero attached hydrogens (tertiary/aromatic N) is 1. The van der Waals surface area contributed by atoms with Crippen LogP contribution < -0.4 is 5.32 Å². The zero-order chi connectivity index (χ0) is 15.2. The second-order valence-electron chi connectivity index (χ2n) is 5.44. The van der Waals surface area contributed by atoms with E-state index in [1.807, 2.05) is 34.7 Å². The van der Waals surface area contributed by atoms with Gasteiger partial charge in [-0.3, -0.25) is 4.79 Å². The molecule has 1 saturated carbocycles. The maximum absolute atomic E-state index is 12.0. The Kier molecular flexibility index (Phi) is 5.92. The third kappa shape index (κ3) is 4.57. The van der Waals surface area contributed by atoms with Crippen molar-refractivity contribution in [1.29, 1.82) is 0 Å². The number of hydrogen-bond donors (Lipinski definition) is 1. The molecule has 1 amide bonds. The SMILES string of the molecule is O=C(CCSC1CCCCC1)Nc1nc(-c2cccs2)cs1. The largest absolute Gasteiger partial charge is 0.302 e. The van der Waals surface area contributed by atoms with E-state index >= 15 is 0 Å². The summed E-state index contributed by atoms with van der Waals surface area (Å²) in [5.41, 5.74) is 0.951. The van der Waals surface area contributed by atoms with Crippen LogP contribution in [0.2, 0.25) is 0 Å². The summed E-state index contributed by atoms with van der Waals surface area (Å²) in [6.45, 7) is 0. The Bertz CT molecular complexity index is 588. The number of hydrogen-bond acceptors (Lipinski definition) is 5. The summed E-state index contributed by atoms with van der Waals surface area (Å²) in [7, 11) is 0. The number of carbonyl (C=O) groups is 1. The Morgan fingerprint density at radius 3 is 2.95 bits per heavy atom. The maximum Gasteiger partial charge on any atom is 0.226 e. The monoisotopic (exact) mass is 352 g/mol. The molecule has 3 nitrogen and oxygen atoms in total. The molecular weight excluding hydrogens is 332 g/mol. The highest BCUT2D eigenvalue weighted by Crippen LogP contribution is 2.30. The van der Waals surface area contributed by atoms with Crippen molar-refractivity contribution in [3.63, 3.8) is 0 Å². The lowest BCUT2D eigenvalue weighted by Crippen LogP contribution is -2.14. The molecule has 0 aromatic carbocycles. The van der Waals surface area contributed by atoms with Gasteiger partial charge in [-0.25, -0.2) is 4.98 Å². The van der Waals surface area contributed by atoms with E-state index in [9.17, 15) is 4.79 Å².